The zero-order valence-corrected chi connectivity index (χ0v) is 12.7. The van der Waals surface area contributed by atoms with E-state index in [1.165, 1.54) is 11.3 Å². The van der Waals surface area contributed by atoms with Crippen LogP contribution in [0, 0.1) is 25.2 Å². The fraction of sp³-hybridized carbons (Fsp3) is 0.200. The van der Waals surface area contributed by atoms with Gasteiger partial charge >= 0.3 is 0 Å². The van der Waals surface area contributed by atoms with Crippen LogP contribution in [0.25, 0.3) is 0 Å². The van der Waals surface area contributed by atoms with Gasteiger partial charge in [0, 0.05) is 4.88 Å². The van der Waals surface area contributed by atoms with Crippen LogP contribution in [0.2, 0.25) is 0 Å². The first-order valence-corrected chi connectivity index (χ1v) is 7.30. The Labute approximate surface area is 126 Å². The molecule has 20 heavy (non-hydrogen) atoms. The predicted molar refractivity (Wildman–Crippen MR) is 82.2 cm³/mol. The van der Waals surface area contributed by atoms with Crippen LogP contribution in [-0.4, -0.2) is 5.91 Å². The number of amides is 1. The van der Waals surface area contributed by atoms with Crippen molar-refractivity contribution in [2.75, 3.05) is 5.32 Å². The average Bonchev–Trinajstić information content (AvgIpc) is 2.73. The number of thiophene rings is 1. The van der Waals surface area contributed by atoms with Crippen LogP contribution in [0.3, 0.4) is 0 Å². The maximum atomic E-state index is 12.2. The molecule has 102 valence electrons. The molecular formula is C15H13ClN2OS. The van der Waals surface area contributed by atoms with Crippen LogP contribution >= 0.6 is 22.9 Å². The van der Waals surface area contributed by atoms with E-state index < -0.39 is 5.38 Å². The fourth-order valence-corrected chi connectivity index (χ4v) is 3.01. The Morgan fingerprint density at radius 3 is 2.60 bits per heavy atom. The quantitative estimate of drug-likeness (QED) is 0.866. The van der Waals surface area contributed by atoms with Crippen molar-refractivity contribution in [1.29, 1.82) is 5.26 Å². The molecule has 0 aliphatic rings. The Kier molecular flexibility index (Phi) is 4.43. The Balaban J connectivity index is 2.21. The van der Waals surface area contributed by atoms with Crippen LogP contribution in [0.15, 0.2) is 30.3 Å². The number of carbonyl (C=O) groups excluding carboxylic acids is 1. The molecule has 1 N–H and O–H groups in total. The van der Waals surface area contributed by atoms with Crippen LogP contribution in [0.4, 0.5) is 5.00 Å². The zero-order chi connectivity index (χ0) is 14.7. The third-order valence-electron chi connectivity index (χ3n) is 3.06. The van der Waals surface area contributed by atoms with Crippen molar-refractivity contribution in [3.63, 3.8) is 0 Å². The molecule has 2 aromatic rings. The maximum Gasteiger partial charge on any atom is 0.247 e. The van der Waals surface area contributed by atoms with Gasteiger partial charge in [-0.15, -0.1) is 22.9 Å². The van der Waals surface area contributed by atoms with Gasteiger partial charge in [0.25, 0.3) is 0 Å². The molecule has 2 rings (SSSR count). The summed E-state index contributed by atoms with van der Waals surface area (Å²) in [7, 11) is 0. The topological polar surface area (TPSA) is 52.9 Å². The number of carbonyl (C=O) groups is 1. The van der Waals surface area contributed by atoms with Gasteiger partial charge in [0.15, 0.2) is 0 Å². The van der Waals surface area contributed by atoms with Gasteiger partial charge in [0.1, 0.15) is 16.4 Å². The van der Waals surface area contributed by atoms with Gasteiger partial charge in [-0.25, -0.2) is 0 Å². The molecule has 1 amide bonds. The van der Waals surface area contributed by atoms with Gasteiger partial charge in [-0.2, -0.15) is 5.26 Å². The van der Waals surface area contributed by atoms with Gasteiger partial charge in [-0.05, 0) is 25.0 Å². The highest BCUT2D eigenvalue weighted by Gasteiger charge is 2.21. The lowest BCUT2D eigenvalue weighted by Crippen LogP contribution is -2.17. The van der Waals surface area contributed by atoms with E-state index in [0.717, 1.165) is 16.0 Å². The third-order valence-corrected chi connectivity index (χ3v) is 4.63. The fourth-order valence-electron chi connectivity index (χ4n) is 1.80. The molecule has 0 fully saturated rings. The number of hydrogen-bond donors (Lipinski definition) is 1. The molecular weight excluding hydrogens is 292 g/mol. The first-order valence-electron chi connectivity index (χ1n) is 6.04. The van der Waals surface area contributed by atoms with E-state index in [9.17, 15) is 4.79 Å². The number of halogens is 1. The number of aryl methyl sites for hydroxylation is 1. The molecule has 1 aromatic heterocycles. The highest BCUT2D eigenvalue weighted by molar-refractivity contribution is 7.16. The number of anilines is 1. The Morgan fingerprint density at radius 1 is 1.35 bits per heavy atom. The number of rotatable bonds is 3. The van der Waals surface area contributed by atoms with Gasteiger partial charge in [0.05, 0.1) is 5.56 Å². The van der Waals surface area contributed by atoms with Crippen molar-refractivity contribution < 1.29 is 4.79 Å². The number of nitriles is 1. The third kappa shape index (κ3) is 2.84. The van der Waals surface area contributed by atoms with E-state index in [1.54, 1.807) is 12.1 Å². The molecule has 1 unspecified atom stereocenters. The van der Waals surface area contributed by atoms with Crippen LogP contribution < -0.4 is 5.32 Å². The summed E-state index contributed by atoms with van der Waals surface area (Å²) in [6.07, 6.45) is 0. The molecule has 0 spiro atoms. The molecule has 0 saturated heterocycles. The van der Waals surface area contributed by atoms with E-state index in [0.29, 0.717) is 10.6 Å². The summed E-state index contributed by atoms with van der Waals surface area (Å²) in [6, 6.07) is 11.2. The molecule has 0 saturated carbocycles. The molecule has 1 atom stereocenters. The second kappa shape index (κ2) is 6.08. The Bertz CT molecular complexity index is 673. The molecule has 5 heteroatoms. The smallest absolute Gasteiger partial charge is 0.247 e. The zero-order valence-electron chi connectivity index (χ0n) is 11.1. The first-order chi connectivity index (χ1) is 9.54. The lowest BCUT2D eigenvalue weighted by molar-refractivity contribution is -0.115. The summed E-state index contributed by atoms with van der Waals surface area (Å²) < 4.78 is 0. The molecule has 3 nitrogen and oxygen atoms in total. The van der Waals surface area contributed by atoms with E-state index in [-0.39, 0.29) is 5.91 Å². The summed E-state index contributed by atoms with van der Waals surface area (Å²) in [5, 5.41) is 11.7. The summed E-state index contributed by atoms with van der Waals surface area (Å²) in [4.78, 5) is 13.2. The summed E-state index contributed by atoms with van der Waals surface area (Å²) in [6.45, 7) is 3.79. The molecule has 0 bridgehead atoms. The van der Waals surface area contributed by atoms with E-state index in [2.05, 4.69) is 11.4 Å². The molecule has 0 radical (unpaired) electrons. The summed E-state index contributed by atoms with van der Waals surface area (Å²) >= 11 is 7.55. The summed E-state index contributed by atoms with van der Waals surface area (Å²) in [5.41, 5.74) is 2.14. The number of nitrogens with one attached hydrogen (secondary N) is 1. The van der Waals surface area contributed by atoms with Crippen LogP contribution in [0.5, 0.6) is 0 Å². The van der Waals surface area contributed by atoms with Crippen molar-refractivity contribution in [3.8, 4) is 6.07 Å². The minimum atomic E-state index is -0.773. The van der Waals surface area contributed by atoms with Crippen molar-refractivity contribution in [2.45, 2.75) is 19.2 Å². The highest BCUT2D eigenvalue weighted by Crippen LogP contribution is 2.33. The Morgan fingerprint density at radius 2 is 2.00 bits per heavy atom. The highest BCUT2D eigenvalue weighted by atomic mass is 35.5. The normalized spacial score (nSPS) is 11.7. The molecule has 1 heterocycles. The SMILES string of the molecule is Cc1sc(NC(=O)C(Cl)c2ccccc2)c(C#N)c1C. The van der Waals surface area contributed by atoms with Crippen molar-refractivity contribution in [3.05, 3.63) is 51.9 Å². The van der Waals surface area contributed by atoms with Crippen LogP contribution in [0.1, 0.15) is 26.9 Å². The van der Waals surface area contributed by atoms with E-state index in [4.69, 9.17) is 16.9 Å². The first kappa shape index (κ1) is 14.6. The van der Waals surface area contributed by atoms with Crippen molar-refractivity contribution in [2.24, 2.45) is 0 Å². The second-order valence-electron chi connectivity index (χ2n) is 4.36. The number of alkyl halides is 1. The Hall–Kier alpha value is -1.83. The van der Waals surface area contributed by atoms with Gasteiger partial charge in [0.2, 0.25) is 5.91 Å². The predicted octanol–water partition coefficient (Wildman–Crippen LogP) is 4.16. The van der Waals surface area contributed by atoms with E-state index in [1.807, 2.05) is 32.0 Å². The number of hydrogen-bond acceptors (Lipinski definition) is 3. The minimum Gasteiger partial charge on any atom is -0.315 e. The lowest BCUT2D eigenvalue weighted by Gasteiger charge is -2.09. The van der Waals surface area contributed by atoms with Crippen molar-refractivity contribution in [1.82, 2.24) is 0 Å². The van der Waals surface area contributed by atoms with Gasteiger partial charge in [-0.3, -0.25) is 4.79 Å². The monoisotopic (exact) mass is 304 g/mol. The lowest BCUT2D eigenvalue weighted by atomic mass is 10.1. The second-order valence-corrected chi connectivity index (χ2v) is 6.02. The summed E-state index contributed by atoms with van der Waals surface area (Å²) in [5.74, 6) is -0.324. The van der Waals surface area contributed by atoms with Crippen molar-refractivity contribution >= 4 is 33.8 Å². The van der Waals surface area contributed by atoms with Gasteiger partial charge in [-0.1, -0.05) is 30.3 Å². The van der Waals surface area contributed by atoms with E-state index >= 15 is 0 Å². The van der Waals surface area contributed by atoms with Crippen LogP contribution in [-0.2, 0) is 4.79 Å². The van der Waals surface area contributed by atoms with Gasteiger partial charge < -0.3 is 5.32 Å². The molecule has 1 aromatic carbocycles. The average molecular weight is 305 g/mol. The minimum absolute atomic E-state index is 0.324. The largest absolute Gasteiger partial charge is 0.315 e. The number of benzene rings is 1. The molecule has 0 aliphatic carbocycles. The maximum absolute atomic E-state index is 12.2. The number of nitrogens with zero attached hydrogens (tertiary/aromatic N) is 1. The molecule has 0 aliphatic heterocycles. The standard InChI is InChI=1S/C15H13ClN2OS/c1-9-10(2)20-15(12(9)8-17)18-14(19)13(16)11-6-4-3-5-7-11/h3-7,13H,1-2H3,(H,18,19).